The molecule has 14 heavy (non-hydrogen) atoms. The van der Waals surface area contributed by atoms with Gasteiger partial charge in [-0.1, -0.05) is 6.07 Å². The predicted molar refractivity (Wildman–Crippen MR) is 53.5 cm³/mol. The fraction of sp³-hybridized carbons (Fsp3) is 0.364. The van der Waals surface area contributed by atoms with Gasteiger partial charge in [-0.2, -0.15) is 0 Å². The number of nitrogens with one attached hydrogen (secondary N) is 1. The third kappa shape index (κ3) is 1.51. The molecule has 1 atom stereocenters. The molecule has 1 aliphatic heterocycles. The van der Waals surface area contributed by atoms with Gasteiger partial charge in [0.1, 0.15) is 12.0 Å². The van der Waals surface area contributed by atoms with Crippen LogP contribution in [0.25, 0.3) is 0 Å². The Morgan fingerprint density at radius 1 is 1.57 bits per heavy atom. The van der Waals surface area contributed by atoms with Crippen LogP contribution in [0.2, 0.25) is 0 Å². The number of hydrogen-bond donors (Lipinski definition) is 1. The van der Waals surface area contributed by atoms with Crippen molar-refractivity contribution in [1.82, 2.24) is 5.32 Å². The molecule has 1 aliphatic rings. The lowest BCUT2D eigenvalue weighted by atomic mass is 10.0. The van der Waals surface area contributed by atoms with Gasteiger partial charge in [0.2, 0.25) is 0 Å². The molecule has 0 aliphatic carbocycles. The molecule has 0 fully saturated rings. The highest BCUT2D eigenvalue weighted by molar-refractivity contribution is 5.62. The van der Waals surface area contributed by atoms with Crippen molar-refractivity contribution in [3.63, 3.8) is 0 Å². The molecular formula is C11H13NO2. The minimum absolute atomic E-state index is 0.208. The summed E-state index contributed by atoms with van der Waals surface area (Å²) in [5.41, 5.74) is 2.20. The molecule has 1 aromatic carbocycles. The van der Waals surface area contributed by atoms with Crippen molar-refractivity contribution in [1.29, 1.82) is 0 Å². The van der Waals surface area contributed by atoms with Crippen molar-refractivity contribution in [2.24, 2.45) is 0 Å². The van der Waals surface area contributed by atoms with Gasteiger partial charge in [0.25, 0.3) is 0 Å². The number of likely N-dealkylation sites (N-methyl/N-ethyl adjacent to an activating group) is 1. The van der Waals surface area contributed by atoms with Crippen LogP contribution in [0.3, 0.4) is 0 Å². The van der Waals surface area contributed by atoms with Gasteiger partial charge in [0, 0.05) is 6.42 Å². The number of benzene rings is 1. The van der Waals surface area contributed by atoms with E-state index in [9.17, 15) is 4.79 Å². The summed E-state index contributed by atoms with van der Waals surface area (Å²) in [6, 6.07) is 5.70. The zero-order chi connectivity index (χ0) is 9.97. The van der Waals surface area contributed by atoms with Crippen LogP contribution in [-0.4, -0.2) is 19.9 Å². The summed E-state index contributed by atoms with van der Waals surface area (Å²) in [4.78, 5) is 10.7. The summed E-state index contributed by atoms with van der Waals surface area (Å²) in [6.45, 7) is 0.754. The van der Waals surface area contributed by atoms with Crippen LogP contribution in [0.1, 0.15) is 17.2 Å². The summed E-state index contributed by atoms with van der Waals surface area (Å²) in [6.07, 6.45) is 1.86. The molecule has 0 aromatic heterocycles. The lowest BCUT2D eigenvalue weighted by molar-refractivity contribution is -0.109. The number of carbonyl (C=O) groups is 1. The third-order valence-electron chi connectivity index (χ3n) is 2.52. The first kappa shape index (κ1) is 9.21. The van der Waals surface area contributed by atoms with Gasteiger partial charge in [-0.15, -0.1) is 0 Å². The molecule has 0 saturated carbocycles. The summed E-state index contributed by atoms with van der Waals surface area (Å²) in [5, 5.41) is 2.95. The van der Waals surface area contributed by atoms with E-state index in [4.69, 9.17) is 4.74 Å². The average Bonchev–Trinajstić information content (AvgIpc) is 2.66. The summed E-state index contributed by atoms with van der Waals surface area (Å²) < 4.78 is 5.39. The smallest absolute Gasteiger partial charge is 0.141 e. The maximum Gasteiger partial charge on any atom is 0.141 e. The number of carbonyl (C=O) groups excluding carboxylic acids is 1. The van der Waals surface area contributed by atoms with E-state index in [-0.39, 0.29) is 6.04 Å². The highest BCUT2D eigenvalue weighted by atomic mass is 16.5. The molecule has 1 heterocycles. The third-order valence-corrected chi connectivity index (χ3v) is 2.52. The van der Waals surface area contributed by atoms with E-state index in [0.717, 1.165) is 30.6 Å². The fourth-order valence-electron chi connectivity index (χ4n) is 1.71. The first-order valence-electron chi connectivity index (χ1n) is 4.73. The quantitative estimate of drug-likeness (QED) is 0.726. The Hall–Kier alpha value is -1.35. The lowest BCUT2D eigenvalue weighted by Crippen LogP contribution is -2.17. The SMILES string of the molecule is CNC(C=O)c1ccc2c(c1)CCO2. The Labute approximate surface area is 83.1 Å². The maximum atomic E-state index is 10.7. The second-order valence-electron chi connectivity index (χ2n) is 3.37. The van der Waals surface area contributed by atoms with Crippen LogP contribution in [0.4, 0.5) is 0 Å². The van der Waals surface area contributed by atoms with Crippen molar-refractivity contribution in [2.75, 3.05) is 13.7 Å². The standard InChI is InChI=1S/C11H13NO2/c1-12-10(7-13)8-2-3-11-9(6-8)4-5-14-11/h2-3,6-7,10,12H,4-5H2,1H3. The Bertz CT molecular complexity index is 349. The van der Waals surface area contributed by atoms with E-state index < -0.39 is 0 Å². The topological polar surface area (TPSA) is 38.3 Å². The van der Waals surface area contributed by atoms with Crippen molar-refractivity contribution >= 4 is 6.29 Å². The van der Waals surface area contributed by atoms with E-state index in [0.29, 0.717) is 0 Å². The molecule has 0 saturated heterocycles. The van der Waals surface area contributed by atoms with Gasteiger partial charge in [-0.3, -0.25) is 0 Å². The lowest BCUT2D eigenvalue weighted by Gasteiger charge is -2.10. The van der Waals surface area contributed by atoms with Crippen LogP contribution in [0.15, 0.2) is 18.2 Å². The van der Waals surface area contributed by atoms with Crippen molar-refractivity contribution in [3.8, 4) is 5.75 Å². The molecule has 3 heteroatoms. The van der Waals surface area contributed by atoms with Crippen LogP contribution < -0.4 is 10.1 Å². The molecule has 1 N–H and O–H groups in total. The van der Waals surface area contributed by atoms with E-state index in [1.54, 1.807) is 7.05 Å². The molecule has 2 rings (SSSR count). The number of rotatable bonds is 3. The van der Waals surface area contributed by atoms with Crippen LogP contribution in [0, 0.1) is 0 Å². The number of ether oxygens (including phenoxy) is 1. The minimum atomic E-state index is -0.208. The Morgan fingerprint density at radius 2 is 2.43 bits per heavy atom. The second kappa shape index (κ2) is 3.80. The molecule has 3 nitrogen and oxygen atoms in total. The molecule has 0 radical (unpaired) electrons. The summed E-state index contributed by atoms with van der Waals surface area (Å²) >= 11 is 0. The fourth-order valence-corrected chi connectivity index (χ4v) is 1.71. The molecule has 0 amide bonds. The maximum absolute atomic E-state index is 10.7. The molecule has 74 valence electrons. The van der Waals surface area contributed by atoms with Crippen LogP contribution in [0.5, 0.6) is 5.75 Å². The Morgan fingerprint density at radius 3 is 3.14 bits per heavy atom. The van der Waals surface area contributed by atoms with Crippen LogP contribution >= 0.6 is 0 Å². The van der Waals surface area contributed by atoms with Crippen molar-refractivity contribution in [3.05, 3.63) is 29.3 Å². The Kier molecular flexibility index (Phi) is 2.50. The molecule has 1 aromatic rings. The molecule has 0 spiro atoms. The average molecular weight is 191 g/mol. The number of aldehydes is 1. The van der Waals surface area contributed by atoms with Crippen molar-refractivity contribution < 1.29 is 9.53 Å². The van der Waals surface area contributed by atoms with Gasteiger partial charge < -0.3 is 14.8 Å². The number of hydrogen-bond acceptors (Lipinski definition) is 3. The monoisotopic (exact) mass is 191 g/mol. The van der Waals surface area contributed by atoms with Crippen LogP contribution in [-0.2, 0) is 11.2 Å². The largest absolute Gasteiger partial charge is 0.493 e. The van der Waals surface area contributed by atoms with Gasteiger partial charge >= 0.3 is 0 Å². The highest BCUT2D eigenvalue weighted by Crippen LogP contribution is 2.27. The zero-order valence-corrected chi connectivity index (χ0v) is 8.12. The van der Waals surface area contributed by atoms with E-state index in [1.807, 2.05) is 18.2 Å². The predicted octanol–water partition coefficient (Wildman–Crippen LogP) is 1.08. The first-order chi connectivity index (χ1) is 6.85. The van der Waals surface area contributed by atoms with Gasteiger partial charge in [0.15, 0.2) is 0 Å². The normalized spacial score (nSPS) is 15.8. The minimum Gasteiger partial charge on any atom is -0.493 e. The van der Waals surface area contributed by atoms with E-state index in [1.165, 1.54) is 5.56 Å². The zero-order valence-electron chi connectivity index (χ0n) is 8.12. The van der Waals surface area contributed by atoms with Gasteiger partial charge in [-0.05, 0) is 30.3 Å². The molecule has 1 unspecified atom stereocenters. The molecule has 0 bridgehead atoms. The Balaban J connectivity index is 2.32. The second-order valence-corrected chi connectivity index (χ2v) is 3.37. The summed E-state index contributed by atoms with van der Waals surface area (Å²) in [7, 11) is 1.78. The van der Waals surface area contributed by atoms with Crippen molar-refractivity contribution in [2.45, 2.75) is 12.5 Å². The van der Waals surface area contributed by atoms with Gasteiger partial charge in [0.05, 0.1) is 12.6 Å². The summed E-state index contributed by atoms with van der Waals surface area (Å²) in [5.74, 6) is 0.953. The first-order valence-corrected chi connectivity index (χ1v) is 4.73. The van der Waals surface area contributed by atoms with E-state index >= 15 is 0 Å². The van der Waals surface area contributed by atoms with E-state index in [2.05, 4.69) is 5.32 Å². The molecular weight excluding hydrogens is 178 g/mol. The highest BCUT2D eigenvalue weighted by Gasteiger charge is 2.15. The number of fused-ring (bicyclic) bond motifs is 1. The van der Waals surface area contributed by atoms with Gasteiger partial charge in [-0.25, -0.2) is 0 Å².